The van der Waals surface area contributed by atoms with Gasteiger partial charge in [0.1, 0.15) is 5.69 Å². The molecule has 3 aromatic rings. The van der Waals surface area contributed by atoms with Gasteiger partial charge in [0.05, 0.1) is 34.6 Å². The molecule has 0 unspecified atom stereocenters. The number of hydrogen-bond acceptors (Lipinski definition) is 6. The third-order valence-corrected chi connectivity index (χ3v) is 6.76. The van der Waals surface area contributed by atoms with E-state index in [2.05, 4.69) is 39.0 Å². The molecule has 0 aromatic carbocycles. The first-order chi connectivity index (χ1) is 14.7. The molecule has 0 radical (unpaired) electrons. The van der Waals surface area contributed by atoms with E-state index in [-0.39, 0.29) is 0 Å². The minimum Gasteiger partial charge on any atom is -0.397 e. The normalized spacial score (nSPS) is 15.9. The van der Waals surface area contributed by atoms with E-state index in [0.717, 1.165) is 48.7 Å². The highest BCUT2D eigenvalue weighted by Gasteiger charge is 2.24. The first-order valence-electron chi connectivity index (χ1n) is 10.7. The summed E-state index contributed by atoms with van der Waals surface area (Å²) in [5.41, 5.74) is 16.0. The van der Waals surface area contributed by atoms with Gasteiger partial charge in [-0.2, -0.15) is 11.3 Å². The summed E-state index contributed by atoms with van der Waals surface area (Å²) in [5, 5.41) is 8.00. The Labute approximate surface area is 181 Å². The van der Waals surface area contributed by atoms with E-state index >= 15 is 0 Å². The smallest absolute Gasteiger partial charge is 0.110 e. The van der Waals surface area contributed by atoms with Gasteiger partial charge in [-0.25, -0.2) is 4.98 Å². The number of aromatic nitrogens is 2. The minimum absolute atomic E-state index is 0.706. The fourth-order valence-electron chi connectivity index (χ4n) is 4.10. The molecule has 1 aliphatic heterocycles. The SMILES string of the molecule is Cc1cscc1-c1ccc(N)c(C(Nc2cnccc2N2CCCCC2)=C2CC2)n1. The van der Waals surface area contributed by atoms with Gasteiger partial charge in [0.2, 0.25) is 0 Å². The molecule has 1 saturated carbocycles. The molecule has 1 aliphatic carbocycles. The number of nitrogen functional groups attached to an aromatic ring is 1. The van der Waals surface area contributed by atoms with Crippen LogP contribution in [0.5, 0.6) is 0 Å². The Kier molecular flexibility index (Phi) is 5.17. The third kappa shape index (κ3) is 3.79. The van der Waals surface area contributed by atoms with Crippen LogP contribution in [0.25, 0.3) is 17.0 Å². The Bertz CT molecular complexity index is 1090. The quantitative estimate of drug-likeness (QED) is 0.557. The average molecular weight is 418 g/mol. The maximum Gasteiger partial charge on any atom is 0.110 e. The zero-order chi connectivity index (χ0) is 20.5. The van der Waals surface area contributed by atoms with Gasteiger partial charge in [-0.1, -0.05) is 0 Å². The van der Waals surface area contributed by atoms with Crippen molar-refractivity contribution in [1.29, 1.82) is 0 Å². The molecule has 3 N–H and O–H groups in total. The van der Waals surface area contributed by atoms with Gasteiger partial charge in [0, 0.05) is 30.2 Å². The number of nitrogens with zero attached hydrogens (tertiary/aromatic N) is 3. The van der Waals surface area contributed by atoms with Crippen LogP contribution in [0.1, 0.15) is 43.4 Å². The van der Waals surface area contributed by atoms with Gasteiger partial charge in [0.25, 0.3) is 0 Å². The molecule has 6 heteroatoms. The van der Waals surface area contributed by atoms with Gasteiger partial charge < -0.3 is 16.0 Å². The van der Waals surface area contributed by atoms with Crippen LogP contribution in [0.3, 0.4) is 0 Å². The van der Waals surface area contributed by atoms with Crippen LogP contribution in [0.4, 0.5) is 17.1 Å². The maximum atomic E-state index is 6.42. The van der Waals surface area contributed by atoms with Crippen molar-refractivity contribution in [2.75, 3.05) is 29.0 Å². The van der Waals surface area contributed by atoms with E-state index in [9.17, 15) is 0 Å². The van der Waals surface area contributed by atoms with Crippen LogP contribution < -0.4 is 16.0 Å². The number of pyridine rings is 2. The van der Waals surface area contributed by atoms with E-state index in [1.807, 2.05) is 24.5 Å². The number of nitrogens with two attached hydrogens (primary N) is 1. The fraction of sp³-hybridized carbons (Fsp3) is 0.333. The lowest BCUT2D eigenvalue weighted by atomic mass is 10.1. The molecule has 5 rings (SSSR count). The predicted octanol–water partition coefficient (Wildman–Crippen LogP) is 5.70. The number of aryl methyl sites for hydroxylation is 1. The number of nitrogens with one attached hydrogen (secondary N) is 1. The summed E-state index contributed by atoms with van der Waals surface area (Å²) >= 11 is 1.71. The monoisotopic (exact) mass is 417 g/mol. The fourth-order valence-corrected chi connectivity index (χ4v) is 4.94. The second kappa shape index (κ2) is 8.11. The summed E-state index contributed by atoms with van der Waals surface area (Å²) in [6.07, 6.45) is 9.78. The Hall–Kier alpha value is -2.86. The Balaban J connectivity index is 1.52. The lowest BCUT2D eigenvalue weighted by Crippen LogP contribution is -2.30. The van der Waals surface area contributed by atoms with Crippen LogP contribution in [0.2, 0.25) is 0 Å². The van der Waals surface area contributed by atoms with E-state index in [4.69, 9.17) is 10.7 Å². The second-order valence-corrected chi connectivity index (χ2v) is 8.89. The molecular formula is C24H27N5S. The summed E-state index contributed by atoms with van der Waals surface area (Å²) < 4.78 is 0. The van der Waals surface area contributed by atoms with Crippen molar-refractivity contribution >= 4 is 34.1 Å². The van der Waals surface area contributed by atoms with Gasteiger partial charge in [-0.3, -0.25) is 4.98 Å². The van der Waals surface area contributed by atoms with Crippen LogP contribution in [0.15, 0.2) is 46.9 Å². The van der Waals surface area contributed by atoms with Crippen LogP contribution in [-0.2, 0) is 0 Å². The summed E-state index contributed by atoms with van der Waals surface area (Å²) in [6, 6.07) is 6.12. The van der Waals surface area contributed by atoms with E-state index in [1.165, 1.54) is 41.6 Å². The first kappa shape index (κ1) is 19.1. The third-order valence-electron chi connectivity index (χ3n) is 5.90. The number of hydrogen-bond donors (Lipinski definition) is 2. The summed E-state index contributed by atoms with van der Waals surface area (Å²) in [5.74, 6) is 0. The Morgan fingerprint density at radius 2 is 1.93 bits per heavy atom. The number of piperidine rings is 1. The van der Waals surface area contributed by atoms with Crippen molar-refractivity contribution in [2.24, 2.45) is 0 Å². The molecule has 2 fully saturated rings. The standard InChI is InChI=1S/C24H27N5S/c1-16-14-30-15-18(16)20-8-7-19(25)24(27-20)23(17-5-6-17)28-21-13-26-10-9-22(21)29-11-3-2-4-12-29/h7-10,13-15,28H,2-6,11-12,25H2,1H3. The summed E-state index contributed by atoms with van der Waals surface area (Å²) in [7, 11) is 0. The molecular weight excluding hydrogens is 390 g/mol. The summed E-state index contributed by atoms with van der Waals surface area (Å²) in [4.78, 5) is 11.9. The lowest BCUT2D eigenvalue weighted by Gasteiger charge is -2.30. The number of rotatable bonds is 5. The molecule has 0 atom stereocenters. The Morgan fingerprint density at radius 1 is 1.10 bits per heavy atom. The van der Waals surface area contributed by atoms with Gasteiger partial charge in [-0.15, -0.1) is 0 Å². The van der Waals surface area contributed by atoms with Gasteiger partial charge in [0.15, 0.2) is 0 Å². The van der Waals surface area contributed by atoms with Crippen molar-refractivity contribution in [2.45, 2.75) is 39.0 Å². The van der Waals surface area contributed by atoms with E-state index in [1.54, 1.807) is 11.3 Å². The van der Waals surface area contributed by atoms with Crippen LogP contribution in [-0.4, -0.2) is 23.1 Å². The molecule has 5 nitrogen and oxygen atoms in total. The van der Waals surface area contributed by atoms with Crippen molar-refractivity contribution in [1.82, 2.24) is 9.97 Å². The van der Waals surface area contributed by atoms with Gasteiger partial charge >= 0.3 is 0 Å². The van der Waals surface area contributed by atoms with Crippen molar-refractivity contribution < 1.29 is 0 Å². The topological polar surface area (TPSA) is 67.1 Å². The molecule has 30 heavy (non-hydrogen) atoms. The maximum absolute atomic E-state index is 6.42. The van der Waals surface area contributed by atoms with Crippen molar-refractivity contribution in [3.05, 3.63) is 58.2 Å². The predicted molar refractivity (Wildman–Crippen MR) is 127 cm³/mol. The minimum atomic E-state index is 0.706. The highest BCUT2D eigenvalue weighted by atomic mass is 32.1. The zero-order valence-electron chi connectivity index (χ0n) is 17.3. The number of allylic oxidation sites excluding steroid dienone is 1. The molecule has 0 bridgehead atoms. The second-order valence-electron chi connectivity index (χ2n) is 8.15. The first-order valence-corrected chi connectivity index (χ1v) is 11.6. The molecule has 3 aromatic heterocycles. The largest absolute Gasteiger partial charge is 0.397 e. The molecule has 2 aliphatic rings. The lowest BCUT2D eigenvalue weighted by molar-refractivity contribution is 0.578. The van der Waals surface area contributed by atoms with Crippen molar-refractivity contribution in [3.8, 4) is 11.3 Å². The zero-order valence-corrected chi connectivity index (χ0v) is 18.1. The Morgan fingerprint density at radius 3 is 2.67 bits per heavy atom. The average Bonchev–Trinajstić information content (AvgIpc) is 3.54. The summed E-state index contributed by atoms with van der Waals surface area (Å²) in [6.45, 7) is 4.32. The number of anilines is 3. The molecule has 0 amide bonds. The van der Waals surface area contributed by atoms with Crippen LogP contribution in [0, 0.1) is 6.92 Å². The molecule has 154 valence electrons. The van der Waals surface area contributed by atoms with E-state index in [0.29, 0.717) is 5.69 Å². The van der Waals surface area contributed by atoms with Gasteiger partial charge in [-0.05, 0) is 73.7 Å². The number of thiophene rings is 1. The van der Waals surface area contributed by atoms with Crippen molar-refractivity contribution in [3.63, 3.8) is 0 Å². The molecule has 4 heterocycles. The molecule has 1 saturated heterocycles. The van der Waals surface area contributed by atoms with Crippen LogP contribution >= 0.6 is 11.3 Å². The van der Waals surface area contributed by atoms with E-state index < -0.39 is 0 Å². The highest BCUT2D eigenvalue weighted by molar-refractivity contribution is 7.08. The highest BCUT2D eigenvalue weighted by Crippen LogP contribution is 2.40. The molecule has 0 spiro atoms.